The number of benzene rings is 1. The van der Waals surface area contributed by atoms with Crippen LogP contribution in [-0.2, 0) is 11.3 Å². The average Bonchev–Trinajstić information content (AvgIpc) is 2.47. The van der Waals surface area contributed by atoms with Crippen LogP contribution in [0.5, 0.6) is 0 Å². The lowest BCUT2D eigenvalue weighted by Gasteiger charge is -2.31. The predicted octanol–water partition coefficient (Wildman–Crippen LogP) is 2.41. The van der Waals surface area contributed by atoms with E-state index in [9.17, 15) is 9.90 Å². The van der Waals surface area contributed by atoms with Crippen LogP contribution in [0.25, 0.3) is 0 Å². The molecule has 0 aliphatic carbocycles. The van der Waals surface area contributed by atoms with Crippen molar-refractivity contribution >= 4 is 36.4 Å². The molecule has 24 heavy (non-hydrogen) atoms. The quantitative estimate of drug-likeness (QED) is 0.735. The fraction of sp³-hybridized carbons (Fsp3) is 0.588. The highest BCUT2D eigenvalue weighted by molar-refractivity contribution is 5.97. The van der Waals surface area contributed by atoms with Gasteiger partial charge in [-0.2, -0.15) is 0 Å². The van der Waals surface area contributed by atoms with Crippen molar-refractivity contribution in [2.24, 2.45) is 11.7 Å². The van der Waals surface area contributed by atoms with Crippen molar-refractivity contribution < 1.29 is 9.90 Å². The number of nitrogens with one attached hydrogen (secondary N) is 1. The third-order valence-corrected chi connectivity index (χ3v) is 4.14. The van der Waals surface area contributed by atoms with E-state index in [1.54, 1.807) is 13.8 Å². The molecule has 1 aromatic rings. The topological polar surface area (TPSA) is 78.6 Å². The Bertz CT molecular complexity index is 513. The fourth-order valence-electron chi connectivity index (χ4n) is 2.62. The molecule has 4 N–H and O–H groups in total. The summed E-state index contributed by atoms with van der Waals surface area (Å²) in [6.07, 6.45) is 2.10. The molecule has 0 atom stereocenters. The van der Waals surface area contributed by atoms with Gasteiger partial charge in [-0.15, -0.1) is 24.8 Å². The summed E-state index contributed by atoms with van der Waals surface area (Å²) < 4.78 is 0. The summed E-state index contributed by atoms with van der Waals surface area (Å²) in [5.74, 6) is 0.266. The van der Waals surface area contributed by atoms with Gasteiger partial charge in [0.15, 0.2) is 0 Å². The molecule has 1 fully saturated rings. The molecule has 1 heterocycles. The largest absolute Gasteiger partial charge is 0.396 e. The number of piperidine rings is 1. The fourth-order valence-corrected chi connectivity index (χ4v) is 2.62. The van der Waals surface area contributed by atoms with Crippen molar-refractivity contribution in [3.63, 3.8) is 0 Å². The first-order valence-electron chi connectivity index (χ1n) is 7.91. The Morgan fingerprint density at radius 2 is 1.96 bits per heavy atom. The molecule has 1 aliphatic heterocycles. The van der Waals surface area contributed by atoms with Gasteiger partial charge in [0.2, 0.25) is 5.91 Å². The van der Waals surface area contributed by atoms with Crippen LogP contribution in [0.3, 0.4) is 0 Å². The first-order valence-corrected chi connectivity index (χ1v) is 7.91. The number of carbonyl (C=O) groups excluding carboxylic acids is 1. The van der Waals surface area contributed by atoms with Crippen molar-refractivity contribution in [2.75, 3.05) is 25.0 Å². The number of likely N-dealkylation sites (tertiary alicyclic amines) is 1. The Balaban J connectivity index is 0.00000264. The first kappa shape index (κ1) is 23.1. The van der Waals surface area contributed by atoms with E-state index in [2.05, 4.69) is 16.3 Å². The summed E-state index contributed by atoms with van der Waals surface area (Å²) in [7, 11) is 0. The maximum absolute atomic E-state index is 11.9. The van der Waals surface area contributed by atoms with E-state index in [1.807, 2.05) is 18.2 Å². The number of aliphatic hydroxyl groups excluding tert-OH is 1. The van der Waals surface area contributed by atoms with Crippen molar-refractivity contribution in [3.05, 3.63) is 29.8 Å². The van der Waals surface area contributed by atoms with E-state index in [1.165, 1.54) is 5.56 Å². The second kappa shape index (κ2) is 10.2. The number of halogens is 2. The minimum atomic E-state index is -0.887. The lowest BCUT2D eigenvalue weighted by molar-refractivity contribution is -0.120. The first-order chi connectivity index (χ1) is 10.4. The van der Waals surface area contributed by atoms with Crippen LogP contribution in [-0.4, -0.2) is 41.1 Å². The van der Waals surface area contributed by atoms with Crippen molar-refractivity contribution in [2.45, 2.75) is 38.8 Å². The third-order valence-electron chi connectivity index (χ3n) is 4.14. The molecule has 1 amide bonds. The molecule has 1 aromatic carbocycles. The Morgan fingerprint density at radius 1 is 1.33 bits per heavy atom. The Morgan fingerprint density at radius 3 is 2.50 bits per heavy atom. The zero-order valence-corrected chi connectivity index (χ0v) is 16.0. The van der Waals surface area contributed by atoms with E-state index >= 15 is 0 Å². The van der Waals surface area contributed by atoms with Crippen LogP contribution in [0.2, 0.25) is 0 Å². The van der Waals surface area contributed by atoms with Crippen LogP contribution in [0.15, 0.2) is 24.3 Å². The van der Waals surface area contributed by atoms with E-state index < -0.39 is 5.54 Å². The van der Waals surface area contributed by atoms with Crippen molar-refractivity contribution in [1.29, 1.82) is 0 Å². The number of nitrogens with two attached hydrogens (primary N) is 1. The molecule has 1 saturated heterocycles. The summed E-state index contributed by atoms with van der Waals surface area (Å²) in [6.45, 7) is 6.57. The van der Waals surface area contributed by atoms with Gasteiger partial charge >= 0.3 is 0 Å². The van der Waals surface area contributed by atoms with Crippen LogP contribution in [0, 0.1) is 5.92 Å². The SMILES string of the molecule is CC(C)(N)C(=O)Nc1cccc(CN2CCC(CO)CC2)c1.Cl.Cl. The number of amides is 1. The molecule has 1 aliphatic rings. The average molecular weight is 378 g/mol. The standard InChI is InChI=1S/C17H27N3O2.2ClH/c1-17(2,18)16(22)19-15-5-3-4-14(10-15)11-20-8-6-13(12-21)7-9-20;;/h3-5,10,13,21H,6-9,11-12,18H2,1-2H3,(H,19,22);2*1H. The van der Waals surface area contributed by atoms with Gasteiger partial charge in [-0.25, -0.2) is 0 Å². The van der Waals surface area contributed by atoms with Gasteiger partial charge in [0.25, 0.3) is 0 Å². The zero-order valence-electron chi connectivity index (χ0n) is 14.3. The predicted molar refractivity (Wildman–Crippen MR) is 103 cm³/mol. The van der Waals surface area contributed by atoms with Gasteiger partial charge in [0.05, 0.1) is 5.54 Å². The molecular formula is C17H29Cl2N3O2. The molecule has 0 spiro atoms. The molecular weight excluding hydrogens is 349 g/mol. The van der Waals surface area contributed by atoms with Gasteiger partial charge in [-0.3, -0.25) is 9.69 Å². The minimum Gasteiger partial charge on any atom is -0.396 e. The summed E-state index contributed by atoms with van der Waals surface area (Å²) in [6, 6.07) is 7.91. The number of aliphatic hydroxyl groups is 1. The molecule has 2 rings (SSSR count). The van der Waals surface area contributed by atoms with Crippen LogP contribution >= 0.6 is 24.8 Å². The number of rotatable bonds is 5. The van der Waals surface area contributed by atoms with Crippen molar-refractivity contribution in [3.8, 4) is 0 Å². The van der Waals surface area contributed by atoms with Gasteiger partial charge in [0.1, 0.15) is 0 Å². The van der Waals surface area contributed by atoms with E-state index in [0.29, 0.717) is 12.5 Å². The molecule has 7 heteroatoms. The van der Waals surface area contributed by atoms with Crippen LogP contribution < -0.4 is 11.1 Å². The molecule has 5 nitrogen and oxygen atoms in total. The molecule has 0 radical (unpaired) electrons. The highest BCUT2D eigenvalue weighted by atomic mass is 35.5. The normalized spacial score (nSPS) is 16.0. The zero-order chi connectivity index (χ0) is 16.2. The van der Waals surface area contributed by atoms with Gasteiger partial charge in [-0.1, -0.05) is 12.1 Å². The van der Waals surface area contributed by atoms with Crippen LogP contribution in [0.4, 0.5) is 5.69 Å². The highest BCUT2D eigenvalue weighted by Crippen LogP contribution is 2.20. The lowest BCUT2D eigenvalue weighted by Crippen LogP contribution is -2.45. The van der Waals surface area contributed by atoms with E-state index in [0.717, 1.165) is 38.2 Å². The Labute approximate surface area is 156 Å². The molecule has 0 unspecified atom stereocenters. The number of nitrogens with zero attached hydrogens (tertiary/aromatic N) is 1. The van der Waals surface area contributed by atoms with Crippen LogP contribution in [0.1, 0.15) is 32.3 Å². The highest BCUT2D eigenvalue weighted by Gasteiger charge is 2.22. The molecule has 0 saturated carbocycles. The van der Waals surface area contributed by atoms with E-state index in [-0.39, 0.29) is 30.7 Å². The summed E-state index contributed by atoms with van der Waals surface area (Å²) in [5.41, 5.74) is 6.87. The summed E-state index contributed by atoms with van der Waals surface area (Å²) >= 11 is 0. The smallest absolute Gasteiger partial charge is 0.243 e. The van der Waals surface area contributed by atoms with Gasteiger partial charge in [-0.05, 0) is 63.4 Å². The Kier molecular flexibility index (Phi) is 9.85. The number of hydrogen-bond acceptors (Lipinski definition) is 4. The molecule has 138 valence electrons. The second-order valence-electron chi connectivity index (χ2n) is 6.78. The Hall–Kier alpha value is -0.850. The maximum atomic E-state index is 11.9. The van der Waals surface area contributed by atoms with Gasteiger partial charge < -0.3 is 16.2 Å². The van der Waals surface area contributed by atoms with Gasteiger partial charge in [0, 0.05) is 18.8 Å². The second-order valence-corrected chi connectivity index (χ2v) is 6.78. The molecule has 0 aromatic heterocycles. The van der Waals surface area contributed by atoms with Crippen molar-refractivity contribution in [1.82, 2.24) is 4.90 Å². The maximum Gasteiger partial charge on any atom is 0.243 e. The van der Waals surface area contributed by atoms with E-state index in [4.69, 9.17) is 5.73 Å². The lowest BCUT2D eigenvalue weighted by atomic mass is 9.97. The third kappa shape index (κ3) is 6.95. The number of carbonyl (C=O) groups is 1. The molecule has 0 bridgehead atoms. The summed E-state index contributed by atoms with van der Waals surface area (Å²) in [5, 5.41) is 12.0. The minimum absolute atomic E-state index is 0. The number of hydrogen-bond donors (Lipinski definition) is 3. The summed E-state index contributed by atoms with van der Waals surface area (Å²) in [4.78, 5) is 14.3. The monoisotopic (exact) mass is 377 g/mol. The number of anilines is 1.